The molecule has 6 heteroatoms. The molecule has 0 unspecified atom stereocenters. The Morgan fingerprint density at radius 3 is 0.957 bits per heavy atom. The summed E-state index contributed by atoms with van der Waals surface area (Å²) in [6.45, 7) is 18.0. The van der Waals surface area contributed by atoms with Gasteiger partial charge in [0.25, 0.3) is 0 Å². The Bertz CT molecular complexity index is 743. The first-order valence-electron chi connectivity index (χ1n) is 19.6. The van der Waals surface area contributed by atoms with E-state index in [-0.39, 0.29) is 24.8 Å². The predicted molar refractivity (Wildman–Crippen MR) is 189 cm³/mol. The van der Waals surface area contributed by atoms with E-state index in [1.165, 1.54) is 201 Å². The third-order valence-corrected chi connectivity index (χ3v) is 10.9. The third-order valence-electron chi connectivity index (χ3n) is 10.9. The lowest BCUT2D eigenvalue weighted by atomic mass is 10.0. The second-order valence-electron chi connectivity index (χ2n) is 14.7. The Morgan fingerprint density at radius 2 is 0.674 bits per heavy atom. The number of morpholine rings is 2. The van der Waals surface area contributed by atoms with Crippen molar-refractivity contribution in [2.45, 2.75) is 155 Å². The van der Waals surface area contributed by atoms with Crippen LogP contribution in [0.15, 0.2) is 24.3 Å². The average molecular weight is 686 g/mol. The van der Waals surface area contributed by atoms with E-state index in [9.17, 15) is 0 Å². The van der Waals surface area contributed by atoms with Crippen LogP contribution in [0.3, 0.4) is 0 Å². The zero-order valence-electron chi connectivity index (χ0n) is 30.4. The molecule has 0 bridgehead atoms. The van der Waals surface area contributed by atoms with Crippen molar-refractivity contribution in [1.29, 1.82) is 0 Å². The lowest BCUT2D eigenvalue weighted by Crippen LogP contribution is -3.00. The number of hydrogen-bond acceptors (Lipinski definition) is 2. The van der Waals surface area contributed by atoms with Crippen LogP contribution in [-0.4, -0.2) is 74.7 Å². The lowest BCUT2D eigenvalue weighted by molar-refractivity contribution is -0.948. The Balaban J connectivity index is 0.00000529. The first kappa shape index (κ1) is 43.7. The van der Waals surface area contributed by atoms with Gasteiger partial charge in [0.1, 0.15) is 39.3 Å². The number of quaternary nitrogens is 2. The molecular weight excluding hydrogens is 611 g/mol. The molecule has 0 aliphatic carbocycles. The molecule has 2 fully saturated rings. The molecule has 2 aliphatic rings. The van der Waals surface area contributed by atoms with Gasteiger partial charge in [0.15, 0.2) is 0 Å². The second kappa shape index (κ2) is 27.5. The van der Waals surface area contributed by atoms with Crippen molar-refractivity contribution in [1.82, 2.24) is 0 Å². The van der Waals surface area contributed by atoms with Crippen LogP contribution < -0.4 is 24.8 Å². The van der Waals surface area contributed by atoms with Gasteiger partial charge in [0, 0.05) is 11.1 Å². The van der Waals surface area contributed by atoms with E-state index in [4.69, 9.17) is 9.47 Å². The molecule has 0 spiro atoms. The van der Waals surface area contributed by atoms with Gasteiger partial charge in [-0.2, -0.15) is 0 Å². The number of hydrogen-bond donors (Lipinski definition) is 0. The summed E-state index contributed by atoms with van der Waals surface area (Å²) >= 11 is 0. The fourth-order valence-electron chi connectivity index (χ4n) is 7.78. The van der Waals surface area contributed by atoms with Crippen molar-refractivity contribution >= 4 is 0 Å². The maximum atomic E-state index is 5.83. The highest BCUT2D eigenvalue weighted by atomic mass is 35.5. The summed E-state index contributed by atoms with van der Waals surface area (Å²) in [5.74, 6) is 0. The van der Waals surface area contributed by atoms with Crippen LogP contribution in [0.2, 0.25) is 0 Å². The Morgan fingerprint density at radius 1 is 0.413 bits per heavy atom. The highest BCUT2D eigenvalue weighted by molar-refractivity contribution is 5.21. The van der Waals surface area contributed by atoms with Crippen molar-refractivity contribution in [2.24, 2.45) is 0 Å². The average Bonchev–Trinajstić information content (AvgIpc) is 3.05. The van der Waals surface area contributed by atoms with Crippen LogP contribution >= 0.6 is 0 Å². The molecule has 46 heavy (non-hydrogen) atoms. The maximum Gasteiger partial charge on any atom is 0.104 e. The fraction of sp³-hybridized carbons (Fsp3) is 0.850. The Hall–Kier alpha value is -0.360. The molecule has 0 saturated carbocycles. The number of benzene rings is 1. The monoisotopic (exact) mass is 685 g/mol. The maximum absolute atomic E-state index is 5.83. The van der Waals surface area contributed by atoms with Crippen molar-refractivity contribution in [3.05, 3.63) is 35.4 Å². The molecule has 1 aromatic rings. The largest absolute Gasteiger partial charge is 1.00 e. The van der Waals surface area contributed by atoms with Crippen LogP contribution in [0, 0.1) is 0 Å². The molecule has 0 radical (unpaired) electrons. The van der Waals surface area contributed by atoms with E-state index in [1.54, 1.807) is 0 Å². The summed E-state index contributed by atoms with van der Waals surface area (Å²) in [6.07, 6.45) is 28.3. The highest BCUT2D eigenvalue weighted by Crippen LogP contribution is 2.24. The third kappa shape index (κ3) is 18.4. The van der Waals surface area contributed by atoms with Crippen LogP contribution in [0.4, 0.5) is 0 Å². The van der Waals surface area contributed by atoms with E-state index in [0.717, 1.165) is 26.4 Å². The van der Waals surface area contributed by atoms with Gasteiger partial charge in [0.05, 0.1) is 39.5 Å². The summed E-state index contributed by atoms with van der Waals surface area (Å²) in [4.78, 5) is 0. The van der Waals surface area contributed by atoms with Gasteiger partial charge in [-0.15, -0.1) is 0 Å². The van der Waals surface area contributed by atoms with Gasteiger partial charge in [0.2, 0.25) is 0 Å². The molecule has 4 nitrogen and oxygen atoms in total. The second-order valence-corrected chi connectivity index (χ2v) is 14.7. The van der Waals surface area contributed by atoms with Gasteiger partial charge < -0.3 is 43.3 Å². The van der Waals surface area contributed by atoms with Crippen molar-refractivity contribution in [3.63, 3.8) is 0 Å². The van der Waals surface area contributed by atoms with E-state index in [1.807, 2.05) is 0 Å². The van der Waals surface area contributed by atoms with Gasteiger partial charge in [-0.25, -0.2) is 0 Å². The van der Waals surface area contributed by atoms with Crippen LogP contribution in [0.5, 0.6) is 0 Å². The number of unbranched alkanes of at least 4 members (excludes halogenated alkanes) is 18. The standard InChI is InChI=1S/C40H74N2O2.2ClH/c1-3-5-7-9-11-13-15-17-19-21-27-41(29-33-43-34-30-41)37-39-23-25-40(26-24-39)38-42(31-35-44-36-32-42)28-22-20-18-16-14-12-10-8-6-4-2;;/h23-26H,3-22,27-38H2,1-2H3;2*1H/q+2;;/p-2. The minimum absolute atomic E-state index is 0. The first-order valence-corrected chi connectivity index (χ1v) is 19.6. The molecular formula is C40H74Cl2N2O2. The zero-order valence-corrected chi connectivity index (χ0v) is 31.9. The topological polar surface area (TPSA) is 18.5 Å². The minimum Gasteiger partial charge on any atom is -1.00 e. The van der Waals surface area contributed by atoms with Gasteiger partial charge in [-0.1, -0.05) is 141 Å². The molecule has 0 N–H and O–H groups in total. The van der Waals surface area contributed by atoms with E-state index >= 15 is 0 Å². The first-order chi connectivity index (χ1) is 21.7. The zero-order chi connectivity index (χ0) is 31.0. The van der Waals surface area contributed by atoms with Crippen LogP contribution in [0.25, 0.3) is 0 Å². The smallest absolute Gasteiger partial charge is 0.104 e. The summed E-state index contributed by atoms with van der Waals surface area (Å²) in [6, 6.07) is 9.84. The number of halogens is 2. The molecule has 3 rings (SSSR count). The van der Waals surface area contributed by atoms with E-state index < -0.39 is 0 Å². The molecule has 0 aromatic heterocycles. The quantitative estimate of drug-likeness (QED) is 0.108. The summed E-state index contributed by atoms with van der Waals surface area (Å²) in [7, 11) is 0. The molecule has 270 valence electrons. The SMILES string of the molecule is CCCCCCCCCCCC[N+]1(Cc2ccc(C[N+]3(CCCCCCCCCCCC)CCOCC3)cc2)CCOCC1.[Cl-].[Cl-]. The number of ether oxygens (including phenoxy) is 2. The molecule has 2 aliphatic heterocycles. The fourth-order valence-corrected chi connectivity index (χ4v) is 7.78. The summed E-state index contributed by atoms with van der Waals surface area (Å²) in [5, 5.41) is 0. The van der Waals surface area contributed by atoms with Gasteiger partial charge in [-0.3, -0.25) is 0 Å². The molecule has 0 amide bonds. The van der Waals surface area contributed by atoms with E-state index in [0.29, 0.717) is 0 Å². The van der Waals surface area contributed by atoms with E-state index in [2.05, 4.69) is 38.1 Å². The molecule has 1 aromatic carbocycles. The Kier molecular flexibility index (Phi) is 26.1. The lowest BCUT2D eigenvalue weighted by Gasteiger charge is -2.42. The number of nitrogens with zero attached hydrogens (tertiary/aromatic N) is 2. The van der Waals surface area contributed by atoms with Crippen molar-refractivity contribution in [3.8, 4) is 0 Å². The van der Waals surface area contributed by atoms with Crippen molar-refractivity contribution in [2.75, 3.05) is 65.7 Å². The number of rotatable bonds is 26. The van der Waals surface area contributed by atoms with Crippen LogP contribution in [0.1, 0.15) is 153 Å². The molecule has 0 atom stereocenters. The molecule has 2 heterocycles. The Labute approximate surface area is 298 Å². The highest BCUT2D eigenvalue weighted by Gasteiger charge is 2.32. The molecule has 2 saturated heterocycles. The summed E-state index contributed by atoms with van der Waals surface area (Å²) in [5.41, 5.74) is 3.04. The normalized spacial score (nSPS) is 17.3. The predicted octanol–water partition coefficient (Wildman–Crippen LogP) is 4.23. The minimum atomic E-state index is 0. The van der Waals surface area contributed by atoms with Gasteiger partial charge >= 0.3 is 0 Å². The van der Waals surface area contributed by atoms with Crippen molar-refractivity contribution < 1.29 is 43.3 Å². The van der Waals surface area contributed by atoms with Gasteiger partial charge in [-0.05, 0) is 25.7 Å². The van der Waals surface area contributed by atoms with Crippen LogP contribution in [-0.2, 0) is 22.6 Å². The summed E-state index contributed by atoms with van der Waals surface area (Å²) < 4.78 is 14.1.